The molecule has 5 heterocycles. The molecule has 126 heavy (non-hydrogen) atoms. The number of fused-ring (bicyclic) bond motifs is 3. The molecule has 2 aliphatic heterocycles. The van der Waals surface area contributed by atoms with E-state index < -0.39 is 158 Å². The van der Waals surface area contributed by atoms with E-state index in [0.29, 0.717) is 54.7 Å². The number of nitrogens with one attached hydrogen (secondary N) is 9. The number of aromatic nitrogens is 7. The topological polar surface area (TPSA) is 585 Å². The van der Waals surface area contributed by atoms with E-state index in [1.165, 1.54) is 24.4 Å². The number of aromatic hydroxyl groups is 1. The van der Waals surface area contributed by atoms with Crippen LogP contribution >= 0.6 is 0 Å². The lowest BCUT2D eigenvalue weighted by Crippen LogP contribution is -2.54. The normalized spacial score (nSPS) is 20.4. The number of primary amides is 1. The first-order valence-electron chi connectivity index (χ1n) is 42.1. The Bertz CT molecular complexity index is 4880. The Hall–Kier alpha value is -13.2. The van der Waals surface area contributed by atoms with Gasteiger partial charge in [0.15, 0.2) is 11.2 Å². The molecule has 0 spiro atoms. The molecular weight excluding hydrogens is 1630 g/mol. The van der Waals surface area contributed by atoms with E-state index in [9.17, 15) is 83.1 Å². The number of ether oxygens (including phenoxy) is 4. The number of carbonyl (C=O) groups excluding carboxylic acids is 9. The highest BCUT2D eigenvalue weighted by Gasteiger charge is 2.51. The highest BCUT2D eigenvalue weighted by Crippen LogP contribution is 2.53. The number of esters is 1. The first kappa shape index (κ1) is 96.6. The van der Waals surface area contributed by atoms with Gasteiger partial charge in [0.25, 0.3) is 5.91 Å². The van der Waals surface area contributed by atoms with E-state index >= 15 is 0 Å². The predicted octanol–water partition coefficient (Wildman–Crippen LogP) is 6.57. The van der Waals surface area contributed by atoms with Gasteiger partial charge < -0.3 is 104 Å². The van der Waals surface area contributed by atoms with E-state index in [1.807, 2.05) is 70.2 Å². The average Bonchev–Trinajstić information content (AvgIpc) is 1.61. The maximum atomic E-state index is 14.1. The summed E-state index contributed by atoms with van der Waals surface area (Å²) in [5.41, 5.74) is 16.7. The molecule has 1 saturated heterocycles. The van der Waals surface area contributed by atoms with Crippen LogP contribution in [-0.4, -0.2) is 206 Å². The number of carboxylic acid groups (broad SMARTS) is 3. The van der Waals surface area contributed by atoms with Gasteiger partial charge in [-0.3, -0.25) is 24.0 Å². The van der Waals surface area contributed by atoms with Crippen LogP contribution in [-0.2, 0) is 89.8 Å². The molecule has 0 radical (unpaired) electrons. The summed E-state index contributed by atoms with van der Waals surface area (Å²) in [4.78, 5) is 171. The monoisotopic (exact) mass is 1750 g/mol. The molecule has 9 amide bonds. The first-order valence-corrected chi connectivity index (χ1v) is 42.1. The molecule has 5 aromatic rings. The van der Waals surface area contributed by atoms with Gasteiger partial charge in [-0.15, -0.1) is 5.10 Å². The fraction of sp³-hybridized carbons (Fsp3) is 0.494. The Kier molecular flexibility index (Phi) is 36.1. The number of carbonyl (C=O) groups is 12. The van der Waals surface area contributed by atoms with Crippen LogP contribution in [0, 0.1) is 35.5 Å². The number of cyclic esters (lactones) is 1. The van der Waals surface area contributed by atoms with Gasteiger partial charge >= 0.3 is 42.1 Å². The average molecular weight is 1750 g/mol. The second kappa shape index (κ2) is 47.0. The van der Waals surface area contributed by atoms with Gasteiger partial charge in [-0.05, 0) is 169 Å². The lowest BCUT2D eigenvalue weighted by molar-refractivity contribution is -0.143. The van der Waals surface area contributed by atoms with Crippen LogP contribution in [0.2, 0.25) is 0 Å². The van der Waals surface area contributed by atoms with Gasteiger partial charge in [0.2, 0.25) is 35.5 Å². The fourth-order valence-electron chi connectivity index (χ4n) is 15.3. The number of amides is 9. The van der Waals surface area contributed by atoms with Crippen LogP contribution in [0.4, 0.5) is 31.7 Å². The highest BCUT2D eigenvalue weighted by atomic mass is 16.6. The molecule has 39 heteroatoms. The SMILES string of the molecule is C/C=C/[C@@H]1O[C@H]([C@@H](/C=C/C=C(\C)C[C@@H](C)/C=C(C)\C=C\[C@H]2CC=CC(=O)O2)NC(=O)OCc2ccc(NC(=O)[C@H](CCCNC(N)=O)NC(=O)[C@@H](NC(=O)OC[C@@H]3[C@@H]4CCc5nnn(CCC[C@H](NC(=O)CC[C@H](NC(=O)CC[C@H](NC(=O)c6ccc(NCc7cnc8nc(N)nc(O)c8n7)cc6)C(=O)O)C(=O)O)C(=O)O)c5CC[C@@H]43)C(C)C)cc2)C[C@@H](O)[C@@H]1C. The number of rotatable bonds is 44. The number of nitrogens with zero attached hydrogens (tertiary/aromatic N) is 7. The molecule has 1 saturated carbocycles. The summed E-state index contributed by atoms with van der Waals surface area (Å²) < 4.78 is 25.0. The van der Waals surface area contributed by atoms with Crippen molar-refractivity contribution in [2.75, 3.05) is 29.5 Å². The number of nitrogens with two attached hydrogens (primary N) is 2. The van der Waals surface area contributed by atoms with Crippen molar-refractivity contribution in [3.63, 3.8) is 0 Å². The van der Waals surface area contributed by atoms with Crippen LogP contribution in [0.25, 0.3) is 11.2 Å². The third-order valence-electron chi connectivity index (χ3n) is 22.2. The third-order valence-corrected chi connectivity index (χ3v) is 22.2. The van der Waals surface area contributed by atoms with Crippen LogP contribution in [0.15, 0.2) is 127 Å². The Morgan fingerprint density at radius 2 is 1.41 bits per heavy atom. The summed E-state index contributed by atoms with van der Waals surface area (Å²) in [6.45, 7) is 13.7. The number of aliphatic hydroxyl groups is 1. The fourth-order valence-corrected chi connectivity index (χ4v) is 15.3. The predicted molar refractivity (Wildman–Crippen MR) is 458 cm³/mol. The van der Waals surface area contributed by atoms with E-state index in [-0.39, 0.29) is 129 Å². The van der Waals surface area contributed by atoms with Gasteiger partial charge in [-0.25, -0.2) is 48.2 Å². The van der Waals surface area contributed by atoms with Crippen LogP contribution in [0.3, 0.4) is 0 Å². The van der Waals surface area contributed by atoms with E-state index in [2.05, 4.69) is 91.1 Å². The van der Waals surface area contributed by atoms with Crippen LogP contribution in [0.1, 0.15) is 165 Å². The number of benzene rings is 2. The summed E-state index contributed by atoms with van der Waals surface area (Å²) in [6.07, 6.45) is 19.0. The van der Waals surface area contributed by atoms with Crippen molar-refractivity contribution in [1.29, 1.82) is 0 Å². The number of allylic oxidation sites excluding steroid dienone is 7. The number of aryl methyl sites for hydroxylation is 2. The summed E-state index contributed by atoms with van der Waals surface area (Å²) >= 11 is 0. The molecule has 39 nitrogen and oxygen atoms in total. The Balaban J connectivity index is 0.686. The van der Waals surface area contributed by atoms with Crippen LogP contribution < -0.4 is 59.3 Å². The standard InChI is InChI=1S/C87H114N18O21/c1-8-13-69-51(7)68(106)42-70(126-69)62(16-9-14-48(4)40-50(6)41-49(5)20-29-57-15-10-19-73(109)125-57)99-86(121)123-45-52-21-25-55(26-22-52)94-78(111)63(17-11-38-90-85(89)120)97-79(112)74(47(2)3)100-87(122)124-46-60-58-30-32-61-67(35-31-59(58)60)105(104-103-61)39-12-18-64(81(114)115)95-71(107)36-33-65(82(116)117)96-72(108)37-34-66(83(118)119)98-77(110)53-23-27-54(28-24-53)91-43-56-44-92-76-75(93-56)80(113)102-84(88)101-76/h8-10,13-14,16,19-29,41,44,47,50-51,57-60,62-66,68-70,74,91,106H,11-12,15,17-18,30-40,42-43,45-46H2,1-7H3,(H,94,111)(H,95,107)(H,96,108)(H,97,112)(H,98,110)(H,99,121)(H,100,122)(H,114,115)(H,116,117)(H,118,119)(H3,89,90,120)(H3,88,92,101,102,113)/b13-8+,16-9+,29-20+,48-14+,49-41-/t50-,51+,57-,58-,59+,60-,62-,63+,64+,65+,66+,68-,69+,70+,74+/m1/s1. The summed E-state index contributed by atoms with van der Waals surface area (Å²) in [6, 6.07) is 4.05. The summed E-state index contributed by atoms with van der Waals surface area (Å²) in [7, 11) is 0. The highest BCUT2D eigenvalue weighted by molar-refractivity contribution is 5.99. The zero-order valence-corrected chi connectivity index (χ0v) is 71.4. The number of aliphatic hydroxyl groups excluding tert-OH is 1. The van der Waals surface area contributed by atoms with Gasteiger partial charge in [-0.1, -0.05) is 105 Å². The number of aliphatic carboxylic acids is 3. The zero-order chi connectivity index (χ0) is 91.3. The van der Waals surface area contributed by atoms with E-state index in [4.69, 9.17) is 30.4 Å². The minimum absolute atomic E-state index is 0.00398. The molecular formula is C87H114N18O21. The maximum Gasteiger partial charge on any atom is 0.408 e. The number of hydrogen-bond acceptors (Lipinski definition) is 26. The van der Waals surface area contributed by atoms with Crippen molar-refractivity contribution in [2.45, 2.75) is 225 Å². The summed E-state index contributed by atoms with van der Waals surface area (Å²) in [5.74, 6) is -9.20. The minimum atomic E-state index is -1.62. The molecule has 9 rings (SSSR count). The number of nitrogen functional groups attached to an aromatic ring is 1. The lowest BCUT2D eigenvalue weighted by atomic mass is 9.87. The molecule has 15 atom stereocenters. The van der Waals surface area contributed by atoms with Crippen LogP contribution in [0.5, 0.6) is 5.88 Å². The van der Waals surface area contributed by atoms with Crippen molar-refractivity contribution < 1.29 is 102 Å². The summed E-state index contributed by atoms with van der Waals surface area (Å²) in [5, 5.41) is 83.7. The van der Waals surface area contributed by atoms with Crippen molar-refractivity contribution in [3.05, 3.63) is 155 Å². The second-order valence-electron chi connectivity index (χ2n) is 32.3. The molecule has 0 bridgehead atoms. The molecule has 4 aliphatic rings. The molecule has 2 fully saturated rings. The van der Waals surface area contributed by atoms with Gasteiger partial charge in [-0.2, -0.15) is 9.97 Å². The lowest BCUT2D eigenvalue weighted by Gasteiger charge is -2.39. The molecule has 18 N–H and O–H groups in total. The van der Waals surface area contributed by atoms with E-state index in [1.54, 1.807) is 61.0 Å². The van der Waals surface area contributed by atoms with E-state index in [0.717, 1.165) is 29.0 Å². The second-order valence-corrected chi connectivity index (χ2v) is 32.3. The van der Waals surface area contributed by atoms with Crippen molar-refractivity contribution in [3.8, 4) is 5.88 Å². The Morgan fingerprint density at radius 3 is 2.08 bits per heavy atom. The molecule has 678 valence electrons. The van der Waals surface area contributed by atoms with Crippen molar-refractivity contribution in [1.82, 2.24) is 72.1 Å². The van der Waals surface area contributed by atoms with Gasteiger partial charge in [0.1, 0.15) is 42.9 Å². The van der Waals surface area contributed by atoms with Crippen molar-refractivity contribution in [2.24, 2.45) is 41.2 Å². The zero-order valence-electron chi connectivity index (χ0n) is 71.4. The minimum Gasteiger partial charge on any atom is -0.492 e. The quantitative estimate of drug-likeness (QED) is 0.00644. The van der Waals surface area contributed by atoms with Gasteiger partial charge in [0.05, 0.1) is 60.8 Å². The Morgan fingerprint density at radius 1 is 0.754 bits per heavy atom. The molecule has 0 unspecified atom stereocenters. The number of carboxylic acids is 3. The molecule has 2 aliphatic carbocycles. The third kappa shape index (κ3) is 30.1. The number of urea groups is 1. The molecule has 2 aromatic carbocycles. The van der Waals surface area contributed by atoms with Crippen molar-refractivity contribution >= 4 is 100 Å². The van der Waals surface area contributed by atoms with Gasteiger partial charge in [0, 0.05) is 67.7 Å². The first-order chi connectivity index (χ1) is 60.2. The Labute approximate surface area is 727 Å². The molecule has 3 aromatic heterocycles. The number of alkyl carbamates (subject to hydrolysis) is 2. The number of anilines is 3. The smallest absolute Gasteiger partial charge is 0.408 e. The maximum absolute atomic E-state index is 14.1. The number of hydrogen-bond donors (Lipinski definition) is 16. The largest absolute Gasteiger partial charge is 0.492 e.